The smallest absolute Gasteiger partial charge is 0.134 e. The van der Waals surface area contributed by atoms with Crippen LogP contribution in [-0.4, -0.2) is 0 Å². The second-order valence-electron chi connectivity index (χ2n) is 9.55. The van der Waals surface area contributed by atoms with Crippen molar-refractivity contribution < 1.29 is 4.39 Å². The minimum atomic E-state index is -0.0195. The summed E-state index contributed by atoms with van der Waals surface area (Å²) in [6.45, 7) is 4.35. The van der Waals surface area contributed by atoms with Crippen LogP contribution in [0, 0.1) is 23.6 Å². The van der Waals surface area contributed by atoms with E-state index in [1.54, 1.807) is 0 Å². The highest BCUT2D eigenvalue weighted by Gasteiger charge is 2.31. The van der Waals surface area contributed by atoms with Crippen molar-refractivity contribution in [2.24, 2.45) is 17.8 Å². The van der Waals surface area contributed by atoms with Gasteiger partial charge < -0.3 is 0 Å². The zero-order valence-corrected chi connectivity index (χ0v) is 17.9. The predicted molar refractivity (Wildman–Crippen MR) is 118 cm³/mol. The number of rotatable bonds is 5. The molecule has 0 aromatic heterocycles. The lowest BCUT2D eigenvalue weighted by Gasteiger charge is -2.38. The summed E-state index contributed by atoms with van der Waals surface area (Å²) < 4.78 is 14.6. The summed E-state index contributed by atoms with van der Waals surface area (Å²) >= 11 is 0. The Hall–Kier alpha value is -1.37. The van der Waals surface area contributed by atoms with E-state index in [1.165, 1.54) is 69.8 Å². The van der Waals surface area contributed by atoms with Gasteiger partial charge in [-0.15, -0.1) is 0 Å². The molecule has 2 aromatic rings. The van der Waals surface area contributed by atoms with E-state index in [1.807, 2.05) is 19.1 Å². The summed E-state index contributed by atoms with van der Waals surface area (Å²) in [5.74, 6) is 3.62. The molecular weight excluding hydrogens is 343 g/mol. The summed E-state index contributed by atoms with van der Waals surface area (Å²) in [5.41, 5.74) is 2.26. The molecule has 4 rings (SSSR count). The van der Waals surface area contributed by atoms with Crippen LogP contribution in [0.4, 0.5) is 4.39 Å². The van der Waals surface area contributed by atoms with Gasteiger partial charge in [0.2, 0.25) is 0 Å². The van der Waals surface area contributed by atoms with E-state index in [0.29, 0.717) is 5.92 Å². The normalized spacial score (nSPS) is 28.5. The van der Waals surface area contributed by atoms with Crippen LogP contribution in [0.25, 0.3) is 10.8 Å². The van der Waals surface area contributed by atoms with Crippen LogP contribution in [0.2, 0.25) is 0 Å². The van der Waals surface area contributed by atoms with E-state index in [9.17, 15) is 4.39 Å². The molecule has 0 atom stereocenters. The molecule has 2 aliphatic rings. The van der Waals surface area contributed by atoms with Crippen LogP contribution in [0.5, 0.6) is 0 Å². The van der Waals surface area contributed by atoms with E-state index in [2.05, 4.69) is 25.1 Å². The van der Waals surface area contributed by atoms with Crippen LogP contribution in [0.3, 0.4) is 0 Å². The van der Waals surface area contributed by atoms with Gasteiger partial charge in [-0.25, -0.2) is 4.39 Å². The zero-order valence-electron chi connectivity index (χ0n) is 17.9. The molecule has 0 amide bonds. The molecule has 0 radical (unpaired) electrons. The first-order valence-corrected chi connectivity index (χ1v) is 11.9. The first-order chi connectivity index (χ1) is 13.7. The second kappa shape index (κ2) is 8.97. The molecule has 28 heavy (non-hydrogen) atoms. The van der Waals surface area contributed by atoms with Gasteiger partial charge in [-0.05, 0) is 85.1 Å². The molecule has 0 heterocycles. The predicted octanol–water partition coefficient (Wildman–Crippen LogP) is 8.42. The van der Waals surface area contributed by atoms with Crippen molar-refractivity contribution in [2.75, 3.05) is 0 Å². The van der Waals surface area contributed by atoms with E-state index < -0.39 is 0 Å². The molecule has 1 heteroatoms. The second-order valence-corrected chi connectivity index (χ2v) is 9.55. The lowest BCUT2D eigenvalue weighted by Crippen LogP contribution is -2.25. The Morgan fingerprint density at radius 3 is 2.14 bits per heavy atom. The number of fused-ring (bicyclic) bond motifs is 1. The Balaban J connectivity index is 1.37. The van der Waals surface area contributed by atoms with Crippen molar-refractivity contribution in [3.63, 3.8) is 0 Å². The maximum atomic E-state index is 14.6. The third kappa shape index (κ3) is 4.14. The fraction of sp³-hybridized carbons (Fsp3) is 0.630. The van der Waals surface area contributed by atoms with E-state index in [-0.39, 0.29) is 5.82 Å². The van der Waals surface area contributed by atoms with Crippen molar-refractivity contribution in [1.82, 2.24) is 0 Å². The summed E-state index contributed by atoms with van der Waals surface area (Å²) in [6, 6.07) is 10.6. The summed E-state index contributed by atoms with van der Waals surface area (Å²) in [5, 5.41) is 1.86. The Morgan fingerprint density at radius 1 is 0.821 bits per heavy atom. The van der Waals surface area contributed by atoms with Crippen LogP contribution in [0.15, 0.2) is 30.3 Å². The van der Waals surface area contributed by atoms with E-state index in [4.69, 9.17) is 0 Å². The van der Waals surface area contributed by atoms with E-state index >= 15 is 0 Å². The van der Waals surface area contributed by atoms with Gasteiger partial charge in [0.05, 0.1) is 0 Å². The van der Waals surface area contributed by atoms with Crippen molar-refractivity contribution in [3.05, 3.63) is 47.3 Å². The van der Waals surface area contributed by atoms with Gasteiger partial charge in [0.1, 0.15) is 5.82 Å². The molecule has 0 bridgehead atoms. The SMILES string of the molecule is CCCC1CCC(C2CCC(c3ccc4c(F)c(CC)ccc4c3)CC2)CC1. The quantitative estimate of drug-likeness (QED) is 0.488. The number of aryl methyl sites for hydroxylation is 1. The van der Waals surface area contributed by atoms with Gasteiger partial charge in [-0.3, -0.25) is 0 Å². The molecule has 0 aliphatic heterocycles. The average Bonchev–Trinajstić information content (AvgIpc) is 2.75. The molecular formula is C27H37F. The minimum absolute atomic E-state index is 0.0195. The number of hydrogen-bond acceptors (Lipinski definition) is 0. The van der Waals surface area contributed by atoms with Gasteiger partial charge in [0, 0.05) is 5.39 Å². The van der Waals surface area contributed by atoms with Crippen molar-refractivity contribution in [2.45, 2.75) is 90.4 Å². The topological polar surface area (TPSA) is 0 Å². The lowest BCUT2D eigenvalue weighted by atomic mass is 9.68. The zero-order chi connectivity index (χ0) is 19.5. The fourth-order valence-corrected chi connectivity index (χ4v) is 6.16. The maximum absolute atomic E-state index is 14.6. The molecule has 2 saturated carbocycles. The van der Waals surface area contributed by atoms with Crippen molar-refractivity contribution >= 4 is 10.8 Å². The lowest BCUT2D eigenvalue weighted by molar-refractivity contribution is 0.156. The molecule has 0 saturated heterocycles. The fourth-order valence-electron chi connectivity index (χ4n) is 6.16. The highest BCUT2D eigenvalue weighted by atomic mass is 19.1. The third-order valence-corrected chi connectivity index (χ3v) is 7.94. The molecule has 2 fully saturated rings. The first kappa shape index (κ1) is 19.9. The first-order valence-electron chi connectivity index (χ1n) is 11.9. The maximum Gasteiger partial charge on any atom is 0.134 e. The average molecular weight is 381 g/mol. The Kier molecular flexibility index (Phi) is 6.38. The summed E-state index contributed by atoms with van der Waals surface area (Å²) in [4.78, 5) is 0. The minimum Gasteiger partial charge on any atom is -0.206 e. The Morgan fingerprint density at radius 2 is 1.50 bits per heavy atom. The Bertz CT molecular complexity index is 776. The van der Waals surface area contributed by atoms with Gasteiger partial charge in [0.25, 0.3) is 0 Å². The monoisotopic (exact) mass is 380 g/mol. The van der Waals surface area contributed by atoms with Crippen LogP contribution < -0.4 is 0 Å². The van der Waals surface area contributed by atoms with Crippen molar-refractivity contribution in [1.29, 1.82) is 0 Å². The number of hydrogen-bond donors (Lipinski definition) is 0. The van der Waals surface area contributed by atoms with Crippen LogP contribution in [-0.2, 0) is 6.42 Å². The van der Waals surface area contributed by atoms with Gasteiger partial charge in [-0.2, -0.15) is 0 Å². The molecule has 0 N–H and O–H groups in total. The molecule has 2 aromatic carbocycles. The molecule has 0 nitrogen and oxygen atoms in total. The number of benzene rings is 2. The van der Waals surface area contributed by atoms with Crippen LogP contribution >= 0.6 is 0 Å². The van der Waals surface area contributed by atoms with Gasteiger partial charge >= 0.3 is 0 Å². The van der Waals surface area contributed by atoms with Gasteiger partial charge in [-0.1, -0.05) is 69.9 Å². The number of halogens is 1. The third-order valence-electron chi connectivity index (χ3n) is 7.94. The summed E-state index contributed by atoms with van der Waals surface area (Å²) in [7, 11) is 0. The van der Waals surface area contributed by atoms with Crippen LogP contribution in [0.1, 0.15) is 95.1 Å². The Labute approximate surface area is 170 Å². The molecule has 0 unspecified atom stereocenters. The summed E-state index contributed by atoms with van der Waals surface area (Å²) in [6.07, 6.45) is 14.9. The standard InChI is InChI=1S/C27H37F/c1-3-5-19-6-8-21(9-7-19)22-11-13-23(14-12-22)24-16-17-26-25(18-24)15-10-20(4-2)27(26)28/h10,15-19,21-23H,3-9,11-14H2,1-2H3. The molecule has 2 aliphatic carbocycles. The van der Waals surface area contributed by atoms with Crippen molar-refractivity contribution in [3.8, 4) is 0 Å². The van der Waals surface area contributed by atoms with Gasteiger partial charge in [0.15, 0.2) is 0 Å². The molecule has 0 spiro atoms. The highest BCUT2D eigenvalue weighted by molar-refractivity contribution is 5.84. The molecule has 152 valence electrons. The highest BCUT2D eigenvalue weighted by Crippen LogP contribution is 2.44. The largest absolute Gasteiger partial charge is 0.206 e. The van der Waals surface area contributed by atoms with E-state index in [0.717, 1.165) is 40.5 Å².